The van der Waals surface area contributed by atoms with Crippen LogP contribution in [0.15, 0.2) is 54.6 Å². The molecular formula is C23H28N2O4. The predicted molar refractivity (Wildman–Crippen MR) is 110 cm³/mol. The molecule has 2 fully saturated rings. The first-order chi connectivity index (χ1) is 14.1. The number of para-hydroxylation sites is 1. The van der Waals surface area contributed by atoms with E-state index in [9.17, 15) is 10.1 Å². The van der Waals surface area contributed by atoms with Crippen molar-refractivity contribution in [2.45, 2.75) is 38.0 Å². The molecule has 0 radical (unpaired) electrons. The molecule has 0 atom stereocenters. The van der Waals surface area contributed by atoms with E-state index in [2.05, 4.69) is 29.2 Å². The van der Waals surface area contributed by atoms with Gasteiger partial charge in [0.1, 0.15) is 0 Å². The van der Waals surface area contributed by atoms with Gasteiger partial charge in [0.2, 0.25) is 0 Å². The van der Waals surface area contributed by atoms with Crippen molar-refractivity contribution in [2.24, 2.45) is 5.92 Å². The van der Waals surface area contributed by atoms with Gasteiger partial charge in [0.05, 0.1) is 18.1 Å². The molecule has 6 nitrogen and oxygen atoms in total. The molecule has 0 unspecified atom stereocenters. The van der Waals surface area contributed by atoms with E-state index in [0.717, 1.165) is 38.9 Å². The van der Waals surface area contributed by atoms with Crippen LogP contribution in [0.4, 0.5) is 5.69 Å². The highest BCUT2D eigenvalue weighted by molar-refractivity contribution is 5.40. The number of benzene rings is 2. The number of nitrogens with zero attached hydrogens (tertiary/aromatic N) is 2. The monoisotopic (exact) mass is 396 g/mol. The lowest BCUT2D eigenvalue weighted by Crippen LogP contribution is -2.40. The Labute approximate surface area is 171 Å². The van der Waals surface area contributed by atoms with Crippen LogP contribution < -0.4 is 0 Å². The summed E-state index contributed by atoms with van der Waals surface area (Å²) in [5.74, 6) is -0.235. The smallest absolute Gasteiger partial charge is 0.272 e. The number of ether oxygens (including phenoxy) is 2. The summed E-state index contributed by atoms with van der Waals surface area (Å²) < 4.78 is 12.1. The van der Waals surface area contributed by atoms with Crippen molar-refractivity contribution in [3.63, 3.8) is 0 Å². The molecule has 4 rings (SSSR count). The van der Waals surface area contributed by atoms with Crippen LogP contribution in [-0.4, -0.2) is 41.9 Å². The molecule has 6 heteroatoms. The third-order valence-corrected chi connectivity index (χ3v) is 6.02. The summed E-state index contributed by atoms with van der Waals surface area (Å²) in [6, 6.07) is 17.5. The largest absolute Gasteiger partial charge is 0.347 e. The molecule has 29 heavy (non-hydrogen) atoms. The number of hydrogen-bond acceptors (Lipinski definition) is 5. The second-order valence-electron chi connectivity index (χ2n) is 8.08. The van der Waals surface area contributed by atoms with Gasteiger partial charge in [0.15, 0.2) is 5.79 Å². The maximum Gasteiger partial charge on any atom is 0.272 e. The maximum absolute atomic E-state index is 11.4. The molecule has 0 spiro atoms. The molecule has 0 N–H and O–H groups in total. The van der Waals surface area contributed by atoms with Crippen molar-refractivity contribution in [3.05, 3.63) is 75.8 Å². The second kappa shape index (κ2) is 9.03. The number of piperidine rings is 1. The van der Waals surface area contributed by atoms with E-state index >= 15 is 0 Å². The lowest BCUT2D eigenvalue weighted by atomic mass is 9.87. The minimum Gasteiger partial charge on any atom is -0.347 e. The molecule has 2 aromatic rings. The number of nitro benzene ring substituents is 1. The van der Waals surface area contributed by atoms with E-state index in [1.54, 1.807) is 12.1 Å². The van der Waals surface area contributed by atoms with E-state index in [-0.39, 0.29) is 10.6 Å². The van der Waals surface area contributed by atoms with Gasteiger partial charge >= 0.3 is 0 Å². The van der Waals surface area contributed by atoms with Crippen LogP contribution in [0, 0.1) is 16.0 Å². The van der Waals surface area contributed by atoms with Crippen LogP contribution in [0.25, 0.3) is 0 Å². The highest BCUT2D eigenvalue weighted by Crippen LogP contribution is 2.36. The van der Waals surface area contributed by atoms with Gasteiger partial charge in [0.25, 0.3) is 5.69 Å². The number of hydrogen-bond donors (Lipinski definition) is 0. The first kappa shape index (κ1) is 20.0. The van der Waals surface area contributed by atoms with Gasteiger partial charge in [-0.1, -0.05) is 48.5 Å². The van der Waals surface area contributed by atoms with Crippen molar-refractivity contribution in [1.29, 1.82) is 0 Å². The van der Waals surface area contributed by atoms with E-state index in [1.807, 2.05) is 18.2 Å². The molecule has 2 heterocycles. The summed E-state index contributed by atoms with van der Waals surface area (Å²) in [7, 11) is 0. The SMILES string of the molecule is O=[N+]([O-])c1ccccc1CC1(CC2CCN(Cc3ccccc3)CC2)OCCO1. The zero-order chi connectivity index (χ0) is 20.1. The second-order valence-corrected chi connectivity index (χ2v) is 8.08. The third kappa shape index (κ3) is 5.01. The highest BCUT2D eigenvalue weighted by atomic mass is 16.7. The Hall–Kier alpha value is -2.28. The topological polar surface area (TPSA) is 64.8 Å². The third-order valence-electron chi connectivity index (χ3n) is 6.02. The Bertz CT molecular complexity index is 813. The zero-order valence-electron chi connectivity index (χ0n) is 16.7. The van der Waals surface area contributed by atoms with Crippen molar-refractivity contribution in [3.8, 4) is 0 Å². The van der Waals surface area contributed by atoms with Crippen LogP contribution in [-0.2, 0) is 22.4 Å². The van der Waals surface area contributed by atoms with Crippen LogP contribution in [0.3, 0.4) is 0 Å². The lowest BCUT2D eigenvalue weighted by Gasteiger charge is -2.36. The molecule has 0 saturated carbocycles. The predicted octanol–water partition coefficient (Wildman–Crippen LogP) is 4.18. The summed E-state index contributed by atoms with van der Waals surface area (Å²) >= 11 is 0. The zero-order valence-corrected chi connectivity index (χ0v) is 16.7. The van der Waals surface area contributed by atoms with Gasteiger partial charge < -0.3 is 9.47 Å². The Morgan fingerprint density at radius 1 is 1.00 bits per heavy atom. The summed E-state index contributed by atoms with van der Waals surface area (Å²) in [5, 5.41) is 11.4. The van der Waals surface area contributed by atoms with Crippen molar-refractivity contribution < 1.29 is 14.4 Å². The first-order valence-electron chi connectivity index (χ1n) is 10.4. The van der Waals surface area contributed by atoms with Crippen LogP contribution >= 0.6 is 0 Å². The lowest BCUT2D eigenvalue weighted by molar-refractivity contribution is -0.386. The summed E-state index contributed by atoms with van der Waals surface area (Å²) in [5.41, 5.74) is 2.17. The number of rotatable bonds is 7. The van der Waals surface area contributed by atoms with Crippen LogP contribution in [0.1, 0.15) is 30.4 Å². The fourth-order valence-electron chi connectivity index (χ4n) is 4.55. The van der Waals surface area contributed by atoms with Gasteiger partial charge in [-0.05, 0) is 37.4 Å². The van der Waals surface area contributed by atoms with Gasteiger partial charge in [-0.2, -0.15) is 0 Å². The molecule has 0 aromatic heterocycles. The highest BCUT2D eigenvalue weighted by Gasteiger charge is 2.41. The van der Waals surface area contributed by atoms with Crippen LogP contribution in [0.5, 0.6) is 0 Å². The van der Waals surface area contributed by atoms with E-state index < -0.39 is 5.79 Å². The number of nitro groups is 1. The van der Waals surface area contributed by atoms with Gasteiger partial charge in [-0.25, -0.2) is 0 Å². The minimum absolute atomic E-state index is 0.142. The van der Waals surface area contributed by atoms with Crippen molar-refractivity contribution in [2.75, 3.05) is 26.3 Å². The van der Waals surface area contributed by atoms with Crippen LogP contribution in [0.2, 0.25) is 0 Å². The summed E-state index contributed by atoms with van der Waals surface area (Å²) in [6.07, 6.45) is 3.41. The average molecular weight is 396 g/mol. The maximum atomic E-state index is 11.4. The summed E-state index contributed by atoms with van der Waals surface area (Å²) in [6.45, 7) is 4.20. The Balaban J connectivity index is 1.37. The molecule has 0 aliphatic carbocycles. The van der Waals surface area contributed by atoms with Crippen molar-refractivity contribution in [1.82, 2.24) is 4.90 Å². The van der Waals surface area contributed by atoms with Crippen molar-refractivity contribution >= 4 is 5.69 Å². The first-order valence-corrected chi connectivity index (χ1v) is 10.4. The molecule has 2 aromatic carbocycles. The average Bonchev–Trinajstić information content (AvgIpc) is 3.18. The minimum atomic E-state index is -0.738. The van der Waals surface area contributed by atoms with E-state index in [0.29, 0.717) is 31.1 Å². The molecule has 0 bridgehead atoms. The summed E-state index contributed by atoms with van der Waals surface area (Å²) in [4.78, 5) is 13.6. The molecular weight excluding hydrogens is 368 g/mol. The molecule has 154 valence electrons. The Kier molecular flexibility index (Phi) is 6.23. The number of likely N-dealkylation sites (tertiary alicyclic amines) is 1. The fraction of sp³-hybridized carbons (Fsp3) is 0.478. The Morgan fingerprint density at radius 3 is 2.34 bits per heavy atom. The fourth-order valence-corrected chi connectivity index (χ4v) is 4.55. The van der Waals surface area contributed by atoms with Gasteiger partial charge in [0, 0.05) is 31.0 Å². The molecule has 0 amide bonds. The van der Waals surface area contributed by atoms with Gasteiger partial charge in [-0.3, -0.25) is 15.0 Å². The molecule has 2 aliphatic heterocycles. The molecule has 2 saturated heterocycles. The molecule has 2 aliphatic rings. The normalized spacial score (nSPS) is 20.0. The quantitative estimate of drug-likeness (QED) is 0.519. The standard InChI is InChI=1S/C23H28N2O4/c26-25(27)22-9-5-4-8-21(22)17-23(28-14-15-29-23)16-19-10-12-24(13-11-19)18-20-6-2-1-3-7-20/h1-9,19H,10-18H2. The van der Waals surface area contributed by atoms with Gasteiger partial charge in [-0.15, -0.1) is 0 Å². The Morgan fingerprint density at radius 2 is 1.66 bits per heavy atom. The van der Waals surface area contributed by atoms with E-state index in [1.165, 1.54) is 5.56 Å². The van der Waals surface area contributed by atoms with E-state index in [4.69, 9.17) is 9.47 Å².